The fourth-order valence-electron chi connectivity index (χ4n) is 8.13. The first-order chi connectivity index (χ1) is 30.4. The van der Waals surface area contributed by atoms with Crippen LogP contribution >= 0.6 is 0 Å². The van der Waals surface area contributed by atoms with Crippen LogP contribution < -0.4 is 0 Å². The van der Waals surface area contributed by atoms with Crippen LogP contribution in [0.15, 0.2) is 198 Å². The van der Waals surface area contributed by atoms with E-state index in [1.165, 1.54) is 0 Å². The molecule has 0 aliphatic rings. The van der Waals surface area contributed by atoms with E-state index in [4.69, 9.17) is 18.1 Å². The first kappa shape index (κ1) is 21.4. The molecule has 0 aliphatic carbocycles. The molecule has 0 radical (unpaired) electrons. The number of fused-ring (bicyclic) bond motifs is 8. The molecule has 11 rings (SSSR count). The fraction of sp³-hybridized carbons (Fsp3) is 0. The third kappa shape index (κ3) is 4.64. The van der Waals surface area contributed by atoms with Crippen LogP contribution in [0, 0.1) is 0 Å². The lowest BCUT2D eigenvalue weighted by atomic mass is 9.85. The van der Waals surface area contributed by atoms with E-state index in [1.807, 2.05) is 84.9 Å². The Morgan fingerprint density at radius 3 is 1.57 bits per heavy atom. The van der Waals surface area contributed by atoms with Gasteiger partial charge in [0, 0.05) is 16.3 Å². The first-order valence-corrected chi connectivity index (χ1v) is 17.4. The largest absolute Gasteiger partial charge is 0.455 e. The predicted octanol–water partition coefficient (Wildman–Crippen LogP) is 14.9. The number of furan rings is 1. The summed E-state index contributed by atoms with van der Waals surface area (Å²) in [6, 6.07) is 40.7. The minimum absolute atomic E-state index is 0.0942. The number of rotatable bonds is 4. The summed E-state index contributed by atoms with van der Waals surface area (Å²) in [5.41, 5.74) is 6.28. The average Bonchev–Trinajstić information content (AvgIpc) is 3.69. The maximum Gasteiger partial charge on any atom is 0.143 e. The third-order valence-corrected chi connectivity index (χ3v) is 10.4. The zero-order chi connectivity index (χ0) is 43.6. The van der Waals surface area contributed by atoms with Gasteiger partial charge in [-0.2, -0.15) is 0 Å². The lowest BCUT2D eigenvalue weighted by Crippen LogP contribution is -1.91. The van der Waals surface area contributed by atoms with Crippen molar-refractivity contribution in [2.45, 2.75) is 0 Å². The number of hydrogen-bond donors (Lipinski definition) is 0. The Hall–Kier alpha value is -6.96. The Kier molecular flexibility index (Phi) is 4.77. The van der Waals surface area contributed by atoms with Crippen molar-refractivity contribution in [2.75, 3.05) is 0 Å². The molecule has 1 nitrogen and oxygen atoms in total. The Labute approximate surface area is 321 Å². The number of benzene rings is 10. The second kappa shape index (κ2) is 11.8. The quantitative estimate of drug-likeness (QED) is 0.133. The molecular formula is C52H32O. The molecule has 1 heterocycles. The highest BCUT2D eigenvalue weighted by Crippen LogP contribution is 2.46. The van der Waals surface area contributed by atoms with Crippen LogP contribution in [-0.2, 0) is 0 Å². The zero-order valence-electron chi connectivity index (χ0n) is 38.1. The highest BCUT2D eigenvalue weighted by molar-refractivity contribution is 6.23. The van der Waals surface area contributed by atoms with Gasteiger partial charge < -0.3 is 4.42 Å². The molecule has 0 spiro atoms. The summed E-state index contributed by atoms with van der Waals surface area (Å²) in [5, 5.41) is 9.13. The van der Waals surface area contributed by atoms with Gasteiger partial charge in [-0.3, -0.25) is 0 Å². The SMILES string of the molecule is [2H]c1c([2H])c([2H])c(-c2c3ccccc3c(-c3ccc4cc(-c5ccc6oc7c(-c8c([2H])c([2H])c([2H])c([2H])c8[2H])cccc7c6c5)c5ccccc5c4c3)c3ccccc23)c([2H])c1[2H]. The van der Waals surface area contributed by atoms with Gasteiger partial charge in [-0.25, -0.2) is 0 Å². The van der Waals surface area contributed by atoms with Crippen molar-refractivity contribution in [1.29, 1.82) is 0 Å². The average molecular weight is 683 g/mol. The molecule has 10 aromatic carbocycles. The van der Waals surface area contributed by atoms with E-state index >= 15 is 0 Å². The van der Waals surface area contributed by atoms with Gasteiger partial charge in [-0.05, 0) is 106 Å². The van der Waals surface area contributed by atoms with E-state index in [0.717, 1.165) is 76.1 Å². The molecule has 0 saturated carbocycles. The highest BCUT2D eigenvalue weighted by Gasteiger charge is 2.18. The first-order valence-electron chi connectivity index (χ1n) is 22.4. The Balaban J connectivity index is 1.11. The molecule has 0 atom stereocenters. The van der Waals surface area contributed by atoms with Gasteiger partial charge in [0.05, 0.1) is 13.7 Å². The van der Waals surface area contributed by atoms with Gasteiger partial charge in [0.1, 0.15) is 11.2 Å². The van der Waals surface area contributed by atoms with Crippen molar-refractivity contribution < 1.29 is 18.1 Å². The Morgan fingerprint density at radius 1 is 0.340 bits per heavy atom. The Bertz CT molecular complexity index is 3700. The maximum absolute atomic E-state index is 8.92. The minimum atomic E-state index is -0.444. The molecule has 0 aliphatic heterocycles. The maximum atomic E-state index is 8.92. The predicted molar refractivity (Wildman–Crippen MR) is 225 cm³/mol. The second-order valence-electron chi connectivity index (χ2n) is 13.2. The van der Waals surface area contributed by atoms with Gasteiger partial charge in [0.2, 0.25) is 0 Å². The van der Waals surface area contributed by atoms with Crippen LogP contribution in [0.1, 0.15) is 13.7 Å². The monoisotopic (exact) mass is 682 g/mol. The van der Waals surface area contributed by atoms with Gasteiger partial charge in [0.15, 0.2) is 0 Å². The lowest BCUT2D eigenvalue weighted by molar-refractivity contribution is 0.670. The fourth-order valence-corrected chi connectivity index (χ4v) is 8.13. The van der Waals surface area contributed by atoms with Crippen LogP contribution in [0.2, 0.25) is 0 Å². The van der Waals surface area contributed by atoms with Crippen molar-refractivity contribution in [1.82, 2.24) is 0 Å². The molecular weight excluding hydrogens is 641 g/mol. The molecule has 246 valence electrons. The molecule has 0 amide bonds. The molecule has 53 heavy (non-hydrogen) atoms. The van der Waals surface area contributed by atoms with Crippen molar-refractivity contribution >= 4 is 65.0 Å². The van der Waals surface area contributed by atoms with Crippen molar-refractivity contribution in [3.63, 3.8) is 0 Å². The minimum Gasteiger partial charge on any atom is -0.455 e. The molecule has 0 unspecified atom stereocenters. The summed E-state index contributed by atoms with van der Waals surface area (Å²) in [6.07, 6.45) is 0. The smallest absolute Gasteiger partial charge is 0.143 e. The molecule has 0 bridgehead atoms. The van der Waals surface area contributed by atoms with Crippen LogP contribution in [-0.4, -0.2) is 0 Å². The third-order valence-electron chi connectivity index (χ3n) is 10.4. The van der Waals surface area contributed by atoms with Crippen LogP contribution in [0.4, 0.5) is 0 Å². The number of hydrogen-bond acceptors (Lipinski definition) is 1. The van der Waals surface area contributed by atoms with Gasteiger partial charge in [0.25, 0.3) is 0 Å². The van der Waals surface area contributed by atoms with Crippen LogP contribution in [0.5, 0.6) is 0 Å². The van der Waals surface area contributed by atoms with E-state index < -0.39 is 24.2 Å². The van der Waals surface area contributed by atoms with E-state index in [9.17, 15) is 0 Å². The standard InChI is InChI=1S/C52H32O/c1-3-14-33(15-4-1)38-24-13-25-45-48-31-36(28-29-49(48)53-52(38)45)46-30-35-26-27-37(32-47(35)40-19-8-7-18-39(40)46)51-43-22-11-9-20-41(43)50(34-16-5-2-6-17-34)42-21-10-12-23-44(42)51/h1-32H/i1D,2D,3D,4D,5D,6D,14D,15D,16D,17D. The summed E-state index contributed by atoms with van der Waals surface area (Å²) in [7, 11) is 0. The normalized spacial score (nSPS) is 14.4. The summed E-state index contributed by atoms with van der Waals surface area (Å²) in [5.74, 6) is 0. The van der Waals surface area contributed by atoms with Crippen molar-refractivity contribution in [3.8, 4) is 44.5 Å². The van der Waals surface area contributed by atoms with Gasteiger partial charge >= 0.3 is 0 Å². The van der Waals surface area contributed by atoms with E-state index in [-0.39, 0.29) is 47.4 Å². The van der Waals surface area contributed by atoms with E-state index in [0.29, 0.717) is 22.3 Å². The lowest BCUT2D eigenvalue weighted by Gasteiger charge is -2.18. The molecule has 0 N–H and O–H groups in total. The van der Waals surface area contributed by atoms with Crippen LogP contribution in [0.3, 0.4) is 0 Å². The molecule has 11 aromatic rings. The van der Waals surface area contributed by atoms with Gasteiger partial charge in [-0.1, -0.05) is 170 Å². The second-order valence-corrected chi connectivity index (χ2v) is 13.2. The topological polar surface area (TPSA) is 13.1 Å². The van der Waals surface area contributed by atoms with Gasteiger partial charge in [-0.15, -0.1) is 0 Å². The van der Waals surface area contributed by atoms with Crippen LogP contribution in [0.25, 0.3) is 110 Å². The molecule has 0 saturated heterocycles. The summed E-state index contributed by atoms with van der Waals surface area (Å²) < 4.78 is 91.3. The van der Waals surface area contributed by atoms with E-state index in [1.54, 1.807) is 6.07 Å². The van der Waals surface area contributed by atoms with E-state index in [2.05, 4.69) is 42.5 Å². The highest BCUT2D eigenvalue weighted by atomic mass is 16.3. The Morgan fingerprint density at radius 2 is 0.887 bits per heavy atom. The summed E-state index contributed by atoms with van der Waals surface area (Å²) in [4.78, 5) is 0. The van der Waals surface area contributed by atoms with Crippen molar-refractivity contribution in [2.24, 2.45) is 0 Å². The summed E-state index contributed by atoms with van der Waals surface area (Å²) >= 11 is 0. The van der Waals surface area contributed by atoms with Crippen molar-refractivity contribution in [3.05, 3.63) is 194 Å². The summed E-state index contributed by atoms with van der Waals surface area (Å²) in [6.45, 7) is 0. The molecule has 1 aromatic heterocycles. The molecule has 0 fully saturated rings. The molecule has 1 heteroatoms. The zero-order valence-corrected chi connectivity index (χ0v) is 28.1. The number of para-hydroxylation sites is 1.